The van der Waals surface area contributed by atoms with Gasteiger partial charge in [-0.25, -0.2) is 4.39 Å². The number of likely N-dealkylation sites (N-methyl/N-ethyl adjacent to an activating group) is 1. The Kier molecular flexibility index (Phi) is 6.70. The molecule has 0 aromatic heterocycles. The third-order valence-electron chi connectivity index (χ3n) is 3.79. The van der Waals surface area contributed by atoms with E-state index in [2.05, 4.69) is 6.58 Å². The van der Waals surface area contributed by atoms with Crippen molar-refractivity contribution in [1.29, 1.82) is 0 Å². The van der Waals surface area contributed by atoms with Crippen LogP contribution in [-0.4, -0.2) is 35.8 Å². The number of amides is 1. The molecule has 3 nitrogen and oxygen atoms in total. The Bertz CT molecular complexity index is 672. The van der Waals surface area contributed by atoms with Crippen molar-refractivity contribution in [1.82, 2.24) is 9.80 Å². The first-order valence-electron chi connectivity index (χ1n) is 7.94. The first kappa shape index (κ1) is 17.9. The lowest BCUT2D eigenvalue weighted by molar-refractivity contribution is -0.131. The minimum Gasteiger partial charge on any atom is -0.340 e. The molecule has 24 heavy (non-hydrogen) atoms. The van der Waals surface area contributed by atoms with E-state index in [9.17, 15) is 9.18 Å². The molecule has 4 heteroatoms. The van der Waals surface area contributed by atoms with Crippen LogP contribution in [0.25, 0.3) is 0 Å². The smallest absolute Gasteiger partial charge is 0.236 e. The summed E-state index contributed by atoms with van der Waals surface area (Å²) in [4.78, 5) is 16.0. The third-order valence-corrected chi connectivity index (χ3v) is 3.79. The molecule has 0 atom stereocenters. The molecule has 0 unspecified atom stereocenters. The number of halogens is 1. The van der Waals surface area contributed by atoms with Crippen LogP contribution in [0, 0.1) is 5.82 Å². The molecule has 0 aliphatic rings. The molecule has 1 amide bonds. The van der Waals surface area contributed by atoms with Crippen molar-refractivity contribution in [3.63, 3.8) is 0 Å². The van der Waals surface area contributed by atoms with Gasteiger partial charge in [0.1, 0.15) is 5.82 Å². The number of rotatable bonds is 8. The summed E-state index contributed by atoms with van der Waals surface area (Å²) in [7, 11) is 1.70. The lowest BCUT2D eigenvalue weighted by atomic mass is 10.2. The number of hydrogen-bond donors (Lipinski definition) is 0. The van der Waals surface area contributed by atoms with E-state index in [0.717, 1.165) is 5.56 Å². The maximum absolute atomic E-state index is 13.7. The Morgan fingerprint density at radius 2 is 1.75 bits per heavy atom. The third kappa shape index (κ3) is 5.32. The van der Waals surface area contributed by atoms with Crippen LogP contribution >= 0.6 is 0 Å². The molecule has 0 heterocycles. The van der Waals surface area contributed by atoms with Crippen LogP contribution in [0.3, 0.4) is 0 Å². The first-order chi connectivity index (χ1) is 11.6. The quantitative estimate of drug-likeness (QED) is 0.694. The molecule has 0 saturated carbocycles. The Labute approximate surface area is 143 Å². The lowest BCUT2D eigenvalue weighted by Crippen LogP contribution is -2.38. The maximum atomic E-state index is 13.7. The average Bonchev–Trinajstić information content (AvgIpc) is 2.58. The predicted octanol–water partition coefficient (Wildman–Crippen LogP) is 3.47. The van der Waals surface area contributed by atoms with E-state index in [1.54, 1.807) is 36.2 Å². The lowest BCUT2D eigenvalue weighted by Gasteiger charge is -2.24. The summed E-state index contributed by atoms with van der Waals surface area (Å²) in [6.07, 6.45) is 1.78. The predicted molar refractivity (Wildman–Crippen MR) is 94.8 cm³/mol. The molecule has 0 aliphatic carbocycles. The van der Waals surface area contributed by atoms with Gasteiger partial charge in [0.25, 0.3) is 0 Å². The molecule has 0 radical (unpaired) electrons. The highest BCUT2D eigenvalue weighted by atomic mass is 19.1. The zero-order chi connectivity index (χ0) is 17.4. The van der Waals surface area contributed by atoms with Crippen LogP contribution in [0.2, 0.25) is 0 Å². The molecule has 2 aromatic carbocycles. The van der Waals surface area contributed by atoms with Gasteiger partial charge in [-0.3, -0.25) is 9.69 Å². The van der Waals surface area contributed by atoms with Crippen LogP contribution in [0.4, 0.5) is 4.39 Å². The van der Waals surface area contributed by atoms with Gasteiger partial charge in [0.05, 0.1) is 6.54 Å². The Hall–Kier alpha value is -2.46. The standard InChI is InChI=1S/C20H23FN2O/c1-3-13-23(14-17-9-5-4-6-10-17)16-20(24)22(2)15-18-11-7-8-12-19(18)21/h3-12H,1,13-16H2,2H3. The molecule has 2 rings (SSSR count). The molecular formula is C20H23FN2O. The van der Waals surface area contributed by atoms with Crippen molar-refractivity contribution >= 4 is 5.91 Å². The Morgan fingerprint density at radius 1 is 1.08 bits per heavy atom. The molecule has 0 bridgehead atoms. The number of carbonyl (C=O) groups excluding carboxylic acids is 1. The van der Waals surface area contributed by atoms with E-state index in [0.29, 0.717) is 18.7 Å². The molecule has 0 fully saturated rings. The van der Waals surface area contributed by atoms with E-state index >= 15 is 0 Å². The van der Waals surface area contributed by atoms with Gasteiger partial charge in [0.15, 0.2) is 0 Å². The van der Waals surface area contributed by atoms with E-state index in [1.165, 1.54) is 6.07 Å². The Morgan fingerprint density at radius 3 is 2.42 bits per heavy atom. The van der Waals surface area contributed by atoms with Gasteiger partial charge < -0.3 is 4.90 Å². The summed E-state index contributed by atoms with van der Waals surface area (Å²) in [5, 5.41) is 0. The van der Waals surface area contributed by atoms with Gasteiger partial charge >= 0.3 is 0 Å². The normalized spacial score (nSPS) is 10.6. The minimum atomic E-state index is -0.288. The topological polar surface area (TPSA) is 23.6 Å². The molecule has 126 valence electrons. The van der Waals surface area contributed by atoms with E-state index in [1.807, 2.05) is 35.2 Å². The van der Waals surface area contributed by atoms with Crippen molar-refractivity contribution < 1.29 is 9.18 Å². The molecule has 2 aromatic rings. The number of hydrogen-bond acceptors (Lipinski definition) is 2. The summed E-state index contributed by atoms with van der Waals surface area (Å²) in [6.45, 7) is 5.58. The molecule has 0 aliphatic heterocycles. The average molecular weight is 326 g/mol. The van der Waals surface area contributed by atoms with Crippen molar-refractivity contribution in [2.24, 2.45) is 0 Å². The zero-order valence-electron chi connectivity index (χ0n) is 14.0. The number of nitrogens with zero attached hydrogens (tertiary/aromatic N) is 2. The fourth-order valence-corrected chi connectivity index (χ4v) is 2.49. The van der Waals surface area contributed by atoms with Gasteiger partial charge in [0.2, 0.25) is 5.91 Å². The van der Waals surface area contributed by atoms with Crippen LogP contribution in [-0.2, 0) is 17.9 Å². The zero-order valence-corrected chi connectivity index (χ0v) is 14.0. The summed E-state index contributed by atoms with van der Waals surface area (Å²) < 4.78 is 13.7. The van der Waals surface area contributed by atoms with Crippen molar-refractivity contribution in [3.05, 3.63) is 84.2 Å². The fourth-order valence-electron chi connectivity index (χ4n) is 2.49. The second-order valence-corrected chi connectivity index (χ2v) is 5.79. The molecular weight excluding hydrogens is 303 g/mol. The van der Waals surface area contributed by atoms with Gasteiger partial charge in [-0.2, -0.15) is 0 Å². The second kappa shape index (κ2) is 8.99. The highest BCUT2D eigenvalue weighted by molar-refractivity contribution is 5.78. The highest BCUT2D eigenvalue weighted by Crippen LogP contribution is 2.10. The van der Waals surface area contributed by atoms with Gasteiger partial charge in [-0.15, -0.1) is 6.58 Å². The molecule has 0 spiro atoms. The molecule has 0 N–H and O–H groups in total. The SMILES string of the molecule is C=CCN(CC(=O)N(C)Cc1ccccc1F)Cc1ccccc1. The van der Waals surface area contributed by atoms with Crippen LogP contribution in [0.1, 0.15) is 11.1 Å². The van der Waals surface area contributed by atoms with Crippen LogP contribution in [0.5, 0.6) is 0 Å². The fraction of sp³-hybridized carbons (Fsp3) is 0.250. The summed E-state index contributed by atoms with van der Waals surface area (Å²) >= 11 is 0. The minimum absolute atomic E-state index is 0.0453. The molecule has 0 saturated heterocycles. The van der Waals surface area contributed by atoms with Crippen molar-refractivity contribution in [2.45, 2.75) is 13.1 Å². The number of carbonyl (C=O) groups is 1. The largest absolute Gasteiger partial charge is 0.340 e. The summed E-state index contributed by atoms with van der Waals surface area (Å²) in [6, 6.07) is 16.5. The van der Waals surface area contributed by atoms with Crippen LogP contribution in [0.15, 0.2) is 67.3 Å². The first-order valence-corrected chi connectivity index (χ1v) is 7.94. The second-order valence-electron chi connectivity index (χ2n) is 5.79. The van der Waals surface area contributed by atoms with Gasteiger partial charge in [0, 0.05) is 32.2 Å². The van der Waals surface area contributed by atoms with Crippen LogP contribution < -0.4 is 0 Å². The summed E-state index contributed by atoms with van der Waals surface area (Å²) in [5.41, 5.74) is 1.66. The van der Waals surface area contributed by atoms with Gasteiger partial charge in [-0.1, -0.05) is 54.6 Å². The van der Waals surface area contributed by atoms with Crippen molar-refractivity contribution in [2.75, 3.05) is 20.1 Å². The monoisotopic (exact) mass is 326 g/mol. The highest BCUT2D eigenvalue weighted by Gasteiger charge is 2.15. The van der Waals surface area contributed by atoms with E-state index in [-0.39, 0.29) is 24.8 Å². The Balaban J connectivity index is 1.96. The summed E-state index contributed by atoms with van der Waals surface area (Å²) in [5.74, 6) is -0.333. The maximum Gasteiger partial charge on any atom is 0.236 e. The van der Waals surface area contributed by atoms with E-state index < -0.39 is 0 Å². The number of benzene rings is 2. The van der Waals surface area contributed by atoms with Gasteiger partial charge in [-0.05, 0) is 11.6 Å². The van der Waals surface area contributed by atoms with E-state index in [4.69, 9.17) is 0 Å². The van der Waals surface area contributed by atoms with Crippen molar-refractivity contribution in [3.8, 4) is 0 Å².